The van der Waals surface area contributed by atoms with E-state index in [2.05, 4.69) is 10.1 Å². The Morgan fingerprint density at radius 3 is 2.75 bits per heavy atom. The smallest absolute Gasteiger partial charge is 0.280 e. The standard InChI is InChI=1S/C17H12N4O3/c1-23-12-3-2-11-8-13-15(18)21(20-16(13)24-14(11)9-12)17(22)10-4-6-19-7-5-10/h2-9,18H,1H3. The van der Waals surface area contributed by atoms with Crippen LogP contribution in [0.15, 0.2) is 53.2 Å². The van der Waals surface area contributed by atoms with Crippen LogP contribution in [-0.4, -0.2) is 27.8 Å². The van der Waals surface area contributed by atoms with Gasteiger partial charge in [0.2, 0.25) is 5.89 Å². The zero-order chi connectivity index (χ0) is 16.7. The van der Waals surface area contributed by atoms with Gasteiger partial charge in [-0.3, -0.25) is 15.2 Å². The number of aromatic nitrogens is 3. The van der Waals surface area contributed by atoms with E-state index in [1.165, 1.54) is 12.4 Å². The Bertz CT molecular complexity index is 1080. The van der Waals surface area contributed by atoms with E-state index < -0.39 is 5.91 Å². The average molecular weight is 320 g/mol. The number of hydrogen-bond acceptors (Lipinski definition) is 6. The fourth-order valence-electron chi connectivity index (χ4n) is 2.49. The minimum atomic E-state index is -0.407. The van der Waals surface area contributed by atoms with Crippen LogP contribution in [-0.2, 0) is 0 Å². The van der Waals surface area contributed by atoms with Gasteiger partial charge in [0.05, 0.1) is 12.7 Å². The molecule has 24 heavy (non-hydrogen) atoms. The number of rotatable bonds is 2. The fourth-order valence-corrected chi connectivity index (χ4v) is 2.49. The molecule has 118 valence electrons. The summed E-state index contributed by atoms with van der Waals surface area (Å²) in [5.74, 6) is 0.475. The van der Waals surface area contributed by atoms with Crippen molar-refractivity contribution in [3.63, 3.8) is 0 Å². The van der Waals surface area contributed by atoms with Crippen molar-refractivity contribution in [3.8, 4) is 17.2 Å². The SMILES string of the molecule is COc1ccc2cc3c(=N)n(C(=O)c4ccncc4)nc-3oc2c1. The minimum Gasteiger partial charge on any atom is -0.497 e. The van der Waals surface area contributed by atoms with E-state index in [0.29, 0.717) is 22.5 Å². The normalized spacial score (nSPS) is 11.0. The third kappa shape index (κ3) is 2.14. The molecule has 4 rings (SSSR count). The highest BCUT2D eigenvalue weighted by atomic mass is 16.5. The zero-order valence-electron chi connectivity index (χ0n) is 12.7. The van der Waals surface area contributed by atoms with Crippen LogP contribution in [0.4, 0.5) is 0 Å². The molecule has 0 unspecified atom stereocenters. The van der Waals surface area contributed by atoms with Gasteiger partial charge in [-0.05, 0) is 30.3 Å². The molecule has 0 saturated carbocycles. The number of nitrogens with one attached hydrogen (secondary N) is 1. The number of hydrogen-bond donors (Lipinski definition) is 1. The van der Waals surface area contributed by atoms with Crippen LogP contribution in [0.5, 0.6) is 5.75 Å². The number of fused-ring (bicyclic) bond motifs is 2. The lowest BCUT2D eigenvalue weighted by molar-refractivity contribution is 0.0939. The van der Waals surface area contributed by atoms with E-state index >= 15 is 0 Å². The average Bonchev–Trinajstić information content (AvgIpc) is 2.95. The first-order chi connectivity index (χ1) is 11.7. The van der Waals surface area contributed by atoms with Gasteiger partial charge in [-0.1, -0.05) is 0 Å². The van der Waals surface area contributed by atoms with Crippen LogP contribution in [0.3, 0.4) is 0 Å². The Kier molecular flexibility index (Phi) is 3.13. The highest BCUT2D eigenvalue weighted by Gasteiger charge is 2.21. The molecule has 2 aliphatic rings. The summed E-state index contributed by atoms with van der Waals surface area (Å²) < 4.78 is 11.9. The van der Waals surface area contributed by atoms with Gasteiger partial charge >= 0.3 is 0 Å². The molecule has 7 nitrogen and oxygen atoms in total. The van der Waals surface area contributed by atoms with Gasteiger partial charge in [-0.15, -0.1) is 5.10 Å². The van der Waals surface area contributed by atoms with Gasteiger partial charge in [0, 0.05) is 29.4 Å². The molecule has 0 spiro atoms. The summed E-state index contributed by atoms with van der Waals surface area (Å²) in [6.07, 6.45) is 3.04. The molecule has 0 fully saturated rings. The summed E-state index contributed by atoms with van der Waals surface area (Å²) in [6.45, 7) is 0. The van der Waals surface area contributed by atoms with Crippen molar-refractivity contribution in [2.24, 2.45) is 0 Å². The van der Waals surface area contributed by atoms with Crippen molar-refractivity contribution in [2.45, 2.75) is 0 Å². The second kappa shape index (κ2) is 5.31. The molecule has 0 amide bonds. The van der Waals surface area contributed by atoms with Crippen LogP contribution in [0.1, 0.15) is 10.4 Å². The highest BCUT2D eigenvalue weighted by Crippen LogP contribution is 2.27. The molecule has 1 aromatic carbocycles. The number of methoxy groups -OCH3 is 1. The van der Waals surface area contributed by atoms with E-state index in [0.717, 1.165) is 10.1 Å². The maximum atomic E-state index is 12.5. The molecule has 1 N–H and O–H groups in total. The maximum Gasteiger partial charge on any atom is 0.280 e. The molecule has 2 aromatic rings. The molecule has 2 aliphatic heterocycles. The predicted molar refractivity (Wildman–Crippen MR) is 85.0 cm³/mol. The molecule has 0 radical (unpaired) electrons. The van der Waals surface area contributed by atoms with Crippen molar-refractivity contribution in [1.29, 1.82) is 5.41 Å². The van der Waals surface area contributed by atoms with Crippen LogP contribution in [0.2, 0.25) is 0 Å². The van der Waals surface area contributed by atoms with Gasteiger partial charge in [-0.2, -0.15) is 4.68 Å². The summed E-state index contributed by atoms with van der Waals surface area (Å²) in [5.41, 5.74) is 1.42. The maximum absolute atomic E-state index is 12.5. The predicted octanol–water partition coefficient (Wildman–Crippen LogP) is 2.31. The van der Waals surface area contributed by atoms with Gasteiger partial charge in [0.15, 0.2) is 5.49 Å². The first kappa shape index (κ1) is 14.1. The molecule has 0 atom stereocenters. The monoisotopic (exact) mass is 320 g/mol. The van der Waals surface area contributed by atoms with Gasteiger partial charge in [-0.25, -0.2) is 0 Å². The lowest BCUT2D eigenvalue weighted by atomic mass is 10.1. The lowest BCUT2D eigenvalue weighted by Gasteiger charge is -2.03. The molecule has 7 heteroatoms. The van der Waals surface area contributed by atoms with E-state index in [9.17, 15) is 4.79 Å². The van der Waals surface area contributed by atoms with Crippen molar-refractivity contribution in [3.05, 3.63) is 59.8 Å². The van der Waals surface area contributed by atoms with E-state index in [-0.39, 0.29) is 11.4 Å². The Labute approximate surface area is 136 Å². The third-order valence-electron chi connectivity index (χ3n) is 3.73. The summed E-state index contributed by atoms with van der Waals surface area (Å²) in [6, 6.07) is 10.3. The summed E-state index contributed by atoms with van der Waals surface area (Å²) >= 11 is 0. The molecule has 0 saturated heterocycles. The largest absolute Gasteiger partial charge is 0.497 e. The van der Waals surface area contributed by atoms with Crippen molar-refractivity contribution in [2.75, 3.05) is 7.11 Å². The summed E-state index contributed by atoms with van der Waals surface area (Å²) in [5, 5.41) is 13.2. The molecule has 1 aromatic heterocycles. The van der Waals surface area contributed by atoms with Gasteiger partial charge < -0.3 is 9.15 Å². The minimum absolute atomic E-state index is 0.0201. The van der Waals surface area contributed by atoms with Crippen molar-refractivity contribution < 1.29 is 13.9 Å². The number of ether oxygens (including phenoxy) is 1. The Morgan fingerprint density at radius 2 is 2.00 bits per heavy atom. The number of pyridine rings is 1. The summed E-state index contributed by atoms with van der Waals surface area (Å²) in [4.78, 5) is 16.4. The van der Waals surface area contributed by atoms with Gasteiger partial charge in [0.1, 0.15) is 11.3 Å². The fraction of sp³-hybridized carbons (Fsp3) is 0.0588. The van der Waals surface area contributed by atoms with E-state index in [1.54, 1.807) is 37.4 Å². The van der Waals surface area contributed by atoms with Crippen LogP contribution in [0, 0.1) is 5.41 Å². The highest BCUT2D eigenvalue weighted by molar-refractivity contribution is 5.96. The molecule has 3 heterocycles. The second-order valence-electron chi connectivity index (χ2n) is 5.17. The van der Waals surface area contributed by atoms with E-state index in [4.69, 9.17) is 14.6 Å². The van der Waals surface area contributed by atoms with Crippen LogP contribution >= 0.6 is 0 Å². The second-order valence-corrected chi connectivity index (χ2v) is 5.17. The van der Waals surface area contributed by atoms with Crippen molar-refractivity contribution >= 4 is 16.9 Å². The molecular weight excluding hydrogens is 308 g/mol. The number of nitrogens with zero attached hydrogens (tertiary/aromatic N) is 3. The first-order valence-electron chi connectivity index (χ1n) is 7.17. The summed E-state index contributed by atoms with van der Waals surface area (Å²) in [7, 11) is 1.57. The lowest BCUT2D eigenvalue weighted by Crippen LogP contribution is -2.25. The Hall–Kier alpha value is -3.48. The first-order valence-corrected chi connectivity index (χ1v) is 7.17. The van der Waals surface area contributed by atoms with Gasteiger partial charge in [0.25, 0.3) is 5.91 Å². The molecule has 0 bridgehead atoms. The van der Waals surface area contributed by atoms with Crippen LogP contribution in [0.25, 0.3) is 22.4 Å². The number of benzene rings is 1. The van der Waals surface area contributed by atoms with Crippen LogP contribution < -0.4 is 10.2 Å². The number of carbonyl (C=O) groups excluding carboxylic acids is 1. The number of carbonyl (C=O) groups is 1. The Balaban J connectivity index is 1.91. The molecule has 0 aliphatic carbocycles. The van der Waals surface area contributed by atoms with Crippen molar-refractivity contribution in [1.82, 2.24) is 14.8 Å². The van der Waals surface area contributed by atoms with E-state index in [1.807, 2.05) is 6.07 Å². The zero-order valence-corrected chi connectivity index (χ0v) is 12.7. The third-order valence-corrected chi connectivity index (χ3v) is 3.73. The topological polar surface area (TPSA) is 94.0 Å². The molecular formula is C17H12N4O3. The quantitative estimate of drug-likeness (QED) is 0.611. The Morgan fingerprint density at radius 1 is 1.21 bits per heavy atom.